The topological polar surface area (TPSA) is 39.3 Å². The van der Waals surface area contributed by atoms with E-state index in [1.807, 2.05) is 41.4 Å². The number of piperidine rings is 1. The fourth-order valence-electron chi connectivity index (χ4n) is 2.72. The summed E-state index contributed by atoms with van der Waals surface area (Å²) < 4.78 is 0. The van der Waals surface area contributed by atoms with Crippen molar-refractivity contribution in [1.82, 2.24) is 16.1 Å². The van der Waals surface area contributed by atoms with E-state index < -0.39 is 0 Å². The van der Waals surface area contributed by atoms with Crippen LogP contribution in [0.4, 0.5) is 11.4 Å². The fraction of sp³-hybridized carbons (Fsp3) is 0.278. The van der Waals surface area contributed by atoms with Crippen LogP contribution < -0.4 is 21.1 Å². The molecule has 1 heterocycles. The molecule has 0 spiro atoms. The highest BCUT2D eigenvalue weighted by molar-refractivity contribution is 7.80. The van der Waals surface area contributed by atoms with E-state index in [9.17, 15) is 0 Å². The number of anilines is 2. The van der Waals surface area contributed by atoms with Crippen molar-refractivity contribution >= 4 is 28.7 Å². The molecule has 1 saturated heterocycles. The van der Waals surface area contributed by atoms with Crippen LogP contribution in [0.3, 0.4) is 0 Å². The zero-order valence-corrected chi connectivity index (χ0v) is 13.9. The van der Waals surface area contributed by atoms with E-state index in [0.29, 0.717) is 11.2 Å². The lowest BCUT2D eigenvalue weighted by molar-refractivity contribution is 0.428. The zero-order chi connectivity index (χ0) is 15.9. The summed E-state index contributed by atoms with van der Waals surface area (Å²) in [6.07, 6.45) is 2.19. The highest BCUT2D eigenvalue weighted by Crippen LogP contribution is 2.22. The molecule has 0 amide bonds. The zero-order valence-electron chi connectivity index (χ0n) is 13.0. The van der Waals surface area contributed by atoms with Crippen molar-refractivity contribution in [2.24, 2.45) is 0 Å². The highest BCUT2D eigenvalue weighted by atomic mass is 32.1. The molecule has 23 heavy (non-hydrogen) atoms. The maximum atomic E-state index is 5.53. The van der Waals surface area contributed by atoms with Crippen LogP contribution in [0.25, 0.3) is 0 Å². The Hall–Kier alpha value is -2.11. The number of benzene rings is 2. The summed E-state index contributed by atoms with van der Waals surface area (Å²) in [7, 11) is 0. The number of rotatable bonds is 4. The molecule has 0 aliphatic carbocycles. The molecule has 0 unspecified atom stereocenters. The van der Waals surface area contributed by atoms with Crippen molar-refractivity contribution in [3.05, 3.63) is 60.7 Å². The van der Waals surface area contributed by atoms with E-state index in [-0.39, 0.29) is 0 Å². The highest BCUT2D eigenvalue weighted by Gasteiger charge is 2.16. The van der Waals surface area contributed by atoms with Crippen LogP contribution in [0.5, 0.6) is 0 Å². The van der Waals surface area contributed by atoms with Gasteiger partial charge < -0.3 is 10.6 Å². The number of thiocarbonyl (C=S) groups is 1. The smallest absolute Gasteiger partial charge is 0.185 e. The van der Waals surface area contributed by atoms with Crippen LogP contribution in [0, 0.1) is 0 Å². The predicted molar refractivity (Wildman–Crippen MR) is 99.8 cm³/mol. The third-order valence-electron chi connectivity index (χ3n) is 3.92. The monoisotopic (exact) mass is 326 g/mol. The molecular formula is C18H22N4S. The van der Waals surface area contributed by atoms with Gasteiger partial charge in [0, 0.05) is 6.04 Å². The first-order valence-corrected chi connectivity index (χ1v) is 8.42. The minimum Gasteiger partial charge on any atom is -0.359 e. The Balaban J connectivity index is 1.72. The lowest BCUT2D eigenvalue weighted by atomic mass is 10.1. The molecule has 2 aromatic carbocycles. The van der Waals surface area contributed by atoms with Gasteiger partial charge in [-0.3, -0.25) is 10.4 Å². The van der Waals surface area contributed by atoms with Crippen molar-refractivity contribution < 1.29 is 0 Å². The summed E-state index contributed by atoms with van der Waals surface area (Å²) in [5, 5.41) is 9.46. The largest absolute Gasteiger partial charge is 0.359 e. The number of nitrogens with one attached hydrogen (secondary N) is 3. The van der Waals surface area contributed by atoms with Crippen LogP contribution >= 0.6 is 12.2 Å². The van der Waals surface area contributed by atoms with Crippen LogP contribution in [0.1, 0.15) is 12.8 Å². The van der Waals surface area contributed by atoms with E-state index in [1.165, 1.54) is 0 Å². The summed E-state index contributed by atoms with van der Waals surface area (Å²) in [4.78, 5) is 0. The van der Waals surface area contributed by atoms with Gasteiger partial charge in [0.25, 0.3) is 0 Å². The normalized spacial score (nSPS) is 15.0. The molecule has 4 nitrogen and oxygen atoms in total. The quantitative estimate of drug-likeness (QED) is 0.595. The van der Waals surface area contributed by atoms with Crippen LogP contribution in [-0.2, 0) is 0 Å². The molecule has 5 heteroatoms. The van der Waals surface area contributed by atoms with Gasteiger partial charge in [-0.25, -0.2) is 0 Å². The van der Waals surface area contributed by atoms with Crippen LogP contribution in [-0.4, -0.2) is 24.2 Å². The van der Waals surface area contributed by atoms with E-state index in [1.54, 1.807) is 0 Å². The van der Waals surface area contributed by atoms with Gasteiger partial charge in [0.2, 0.25) is 0 Å². The summed E-state index contributed by atoms with van der Waals surface area (Å²) in [5.74, 6) is 0. The van der Waals surface area contributed by atoms with Crippen LogP contribution in [0.15, 0.2) is 60.7 Å². The number of nitrogens with zero attached hydrogens (tertiary/aromatic N) is 1. The summed E-state index contributed by atoms with van der Waals surface area (Å²) in [5.41, 5.74) is 5.43. The molecule has 0 bridgehead atoms. The Morgan fingerprint density at radius 3 is 1.96 bits per heavy atom. The van der Waals surface area contributed by atoms with Gasteiger partial charge in [-0.05, 0) is 62.4 Å². The first-order chi connectivity index (χ1) is 11.3. The molecule has 120 valence electrons. The first kappa shape index (κ1) is 15.8. The molecule has 2 aromatic rings. The fourth-order valence-corrected chi connectivity index (χ4v) is 2.98. The van der Waals surface area contributed by atoms with Gasteiger partial charge in [0.1, 0.15) is 0 Å². The van der Waals surface area contributed by atoms with E-state index in [4.69, 9.17) is 12.2 Å². The minimum absolute atomic E-state index is 0.435. The van der Waals surface area contributed by atoms with E-state index in [2.05, 4.69) is 40.3 Å². The number of hydrazine groups is 1. The molecular weight excluding hydrogens is 304 g/mol. The van der Waals surface area contributed by atoms with Crippen molar-refractivity contribution in [3.8, 4) is 0 Å². The number of para-hydroxylation sites is 2. The molecule has 0 radical (unpaired) electrons. The molecule has 1 aliphatic rings. The Labute approximate surface area is 142 Å². The molecule has 1 aliphatic heterocycles. The Kier molecular flexibility index (Phi) is 5.45. The van der Waals surface area contributed by atoms with Crippen LogP contribution in [0.2, 0.25) is 0 Å². The molecule has 3 N–H and O–H groups in total. The molecule has 0 saturated carbocycles. The second-order valence-corrected chi connectivity index (χ2v) is 6.02. The number of hydrogen-bond donors (Lipinski definition) is 3. The Bertz CT molecular complexity index is 572. The van der Waals surface area contributed by atoms with Gasteiger partial charge in [-0.1, -0.05) is 36.4 Å². The third-order valence-corrected chi connectivity index (χ3v) is 4.13. The minimum atomic E-state index is 0.435. The lowest BCUT2D eigenvalue weighted by Gasteiger charge is -2.30. The SMILES string of the molecule is S=C(NC1CCNCC1)NN(c1ccccc1)c1ccccc1. The second-order valence-electron chi connectivity index (χ2n) is 5.62. The number of hydrogen-bond acceptors (Lipinski definition) is 3. The van der Waals surface area contributed by atoms with Gasteiger partial charge in [-0.2, -0.15) is 0 Å². The molecule has 0 atom stereocenters. The maximum Gasteiger partial charge on any atom is 0.185 e. The molecule has 3 rings (SSSR count). The summed E-state index contributed by atoms with van der Waals surface area (Å²) >= 11 is 5.53. The van der Waals surface area contributed by atoms with Gasteiger partial charge in [0.15, 0.2) is 5.11 Å². The summed E-state index contributed by atoms with van der Waals surface area (Å²) in [6.45, 7) is 2.09. The van der Waals surface area contributed by atoms with E-state index >= 15 is 0 Å². The van der Waals surface area contributed by atoms with Gasteiger partial charge >= 0.3 is 0 Å². The van der Waals surface area contributed by atoms with Crippen molar-refractivity contribution in [1.29, 1.82) is 0 Å². The Morgan fingerprint density at radius 2 is 1.43 bits per heavy atom. The summed E-state index contributed by atoms with van der Waals surface area (Å²) in [6, 6.07) is 20.8. The van der Waals surface area contributed by atoms with Crippen molar-refractivity contribution in [2.75, 3.05) is 18.1 Å². The van der Waals surface area contributed by atoms with Crippen molar-refractivity contribution in [3.63, 3.8) is 0 Å². The maximum absolute atomic E-state index is 5.53. The first-order valence-electron chi connectivity index (χ1n) is 8.01. The molecule has 0 aromatic heterocycles. The van der Waals surface area contributed by atoms with Gasteiger partial charge in [0.05, 0.1) is 11.4 Å². The lowest BCUT2D eigenvalue weighted by Crippen LogP contribution is -2.50. The second kappa shape index (κ2) is 7.94. The standard InChI is InChI=1S/C18H22N4S/c23-18(20-15-11-13-19-14-12-15)21-22(16-7-3-1-4-8-16)17-9-5-2-6-10-17/h1-10,15,19H,11-14H2,(H2,20,21,23). The van der Waals surface area contributed by atoms with Crippen molar-refractivity contribution in [2.45, 2.75) is 18.9 Å². The average Bonchev–Trinajstić information content (AvgIpc) is 2.62. The predicted octanol–water partition coefficient (Wildman–Crippen LogP) is 2.96. The molecule has 1 fully saturated rings. The van der Waals surface area contributed by atoms with Gasteiger partial charge in [-0.15, -0.1) is 0 Å². The van der Waals surface area contributed by atoms with E-state index in [0.717, 1.165) is 37.3 Å². The third kappa shape index (κ3) is 4.43. The average molecular weight is 326 g/mol. The Morgan fingerprint density at radius 1 is 0.913 bits per heavy atom.